The molecule has 2 N–H and O–H groups in total. The van der Waals surface area contributed by atoms with Gasteiger partial charge in [-0.2, -0.15) is 0 Å². The molecule has 5 rings (SSSR count). The zero-order valence-corrected chi connectivity index (χ0v) is 18.2. The second-order valence-corrected chi connectivity index (χ2v) is 10.7. The molecule has 3 fully saturated rings. The summed E-state index contributed by atoms with van der Waals surface area (Å²) >= 11 is 0. The van der Waals surface area contributed by atoms with E-state index in [9.17, 15) is 14.4 Å². The number of H-pyrrole nitrogens is 1. The molecule has 1 unspecified atom stereocenters. The molecule has 3 atom stereocenters. The maximum Gasteiger partial charge on any atom is 0.252 e. The van der Waals surface area contributed by atoms with E-state index in [1.807, 2.05) is 0 Å². The van der Waals surface area contributed by atoms with Crippen LogP contribution in [-0.4, -0.2) is 40.8 Å². The predicted octanol–water partition coefficient (Wildman–Crippen LogP) is 2.80. The summed E-state index contributed by atoms with van der Waals surface area (Å²) in [5.41, 5.74) is 2.02. The molecular weight excluding hydrogens is 378 g/mol. The average molecular weight is 412 g/mol. The molecule has 1 saturated heterocycles. The summed E-state index contributed by atoms with van der Waals surface area (Å²) < 4.78 is 0. The number of likely N-dealkylation sites (tertiary alicyclic amines) is 1. The number of fused-ring (bicyclic) bond motifs is 2. The number of aromatic amines is 1. The lowest BCUT2D eigenvalue weighted by atomic mass is 9.78. The Labute approximate surface area is 177 Å². The molecule has 1 aromatic heterocycles. The highest BCUT2D eigenvalue weighted by Gasteiger charge is 2.63. The molecule has 0 bridgehead atoms. The summed E-state index contributed by atoms with van der Waals surface area (Å²) in [4.78, 5) is 43.4. The van der Waals surface area contributed by atoms with E-state index in [1.165, 1.54) is 18.9 Å². The van der Waals surface area contributed by atoms with Crippen LogP contribution in [0.2, 0.25) is 0 Å². The second-order valence-electron chi connectivity index (χ2n) is 10.7. The number of carbonyl (C=O) groups is 2. The molecule has 30 heavy (non-hydrogen) atoms. The van der Waals surface area contributed by atoms with Gasteiger partial charge in [-0.25, -0.2) is 0 Å². The maximum atomic E-state index is 13.2. The van der Waals surface area contributed by atoms with E-state index in [-0.39, 0.29) is 28.3 Å². The van der Waals surface area contributed by atoms with Crippen molar-refractivity contribution in [3.63, 3.8) is 0 Å². The number of rotatable bonds is 3. The molecule has 0 spiro atoms. The van der Waals surface area contributed by atoms with E-state index in [0.717, 1.165) is 56.2 Å². The van der Waals surface area contributed by atoms with Gasteiger partial charge in [0.25, 0.3) is 5.91 Å². The molecule has 3 aliphatic carbocycles. The van der Waals surface area contributed by atoms with Crippen molar-refractivity contribution < 1.29 is 9.59 Å². The normalized spacial score (nSPS) is 31.6. The van der Waals surface area contributed by atoms with Crippen LogP contribution >= 0.6 is 0 Å². The van der Waals surface area contributed by atoms with Crippen molar-refractivity contribution in [2.24, 2.45) is 16.7 Å². The smallest absolute Gasteiger partial charge is 0.252 e. The first kappa shape index (κ1) is 19.8. The van der Waals surface area contributed by atoms with Gasteiger partial charge in [0.2, 0.25) is 11.5 Å². The van der Waals surface area contributed by atoms with Crippen molar-refractivity contribution in [3.8, 4) is 0 Å². The van der Waals surface area contributed by atoms with E-state index in [4.69, 9.17) is 0 Å². The highest BCUT2D eigenvalue weighted by Crippen LogP contribution is 2.64. The summed E-state index contributed by atoms with van der Waals surface area (Å²) in [5, 5.41) is 3.22. The Morgan fingerprint density at radius 2 is 1.97 bits per heavy atom. The van der Waals surface area contributed by atoms with Crippen LogP contribution in [0, 0.1) is 16.7 Å². The molecule has 1 aromatic rings. The number of nitrogens with zero attached hydrogens (tertiary/aromatic N) is 1. The average Bonchev–Trinajstić information content (AvgIpc) is 3.28. The largest absolute Gasteiger partial charge is 0.349 e. The number of hydrogen-bond acceptors (Lipinski definition) is 3. The first-order valence-corrected chi connectivity index (χ1v) is 11.7. The van der Waals surface area contributed by atoms with Gasteiger partial charge < -0.3 is 15.2 Å². The van der Waals surface area contributed by atoms with Gasteiger partial charge in [0, 0.05) is 41.9 Å². The molecule has 4 aliphatic rings. The van der Waals surface area contributed by atoms with Crippen molar-refractivity contribution in [3.05, 3.63) is 33.2 Å². The lowest BCUT2D eigenvalue weighted by Gasteiger charge is -2.45. The summed E-state index contributed by atoms with van der Waals surface area (Å²) in [6.07, 6.45) is 9.07. The number of nitrogens with one attached hydrogen (secondary N) is 2. The lowest BCUT2D eigenvalue weighted by molar-refractivity contribution is -0.141. The van der Waals surface area contributed by atoms with Gasteiger partial charge in [0.05, 0.1) is 5.41 Å². The van der Waals surface area contributed by atoms with E-state index >= 15 is 0 Å². The number of amides is 2. The number of aryl methyl sites for hydroxylation is 1. The number of carbonyl (C=O) groups excluding carboxylic acids is 2. The summed E-state index contributed by atoms with van der Waals surface area (Å²) in [5.74, 6) is 0.827. The quantitative estimate of drug-likeness (QED) is 0.802. The third-order valence-corrected chi connectivity index (χ3v) is 8.24. The Kier molecular flexibility index (Phi) is 4.60. The fourth-order valence-electron chi connectivity index (χ4n) is 6.39. The predicted molar refractivity (Wildman–Crippen MR) is 114 cm³/mol. The summed E-state index contributed by atoms with van der Waals surface area (Å²) in [6.45, 7) is 5.66. The first-order valence-electron chi connectivity index (χ1n) is 11.7. The Morgan fingerprint density at radius 1 is 1.17 bits per heavy atom. The molecule has 2 amide bonds. The van der Waals surface area contributed by atoms with Crippen LogP contribution in [0.3, 0.4) is 0 Å². The zero-order chi connectivity index (χ0) is 21.1. The molecule has 6 heteroatoms. The second kappa shape index (κ2) is 6.96. The van der Waals surface area contributed by atoms with Gasteiger partial charge >= 0.3 is 0 Å². The minimum Gasteiger partial charge on any atom is -0.349 e. The third-order valence-electron chi connectivity index (χ3n) is 8.24. The van der Waals surface area contributed by atoms with E-state index < -0.39 is 0 Å². The number of hydrogen-bond donors (Lipinski definition) is 2. The molecule has 2 heterocycles. The maximum absolute atomic E-state index is 13.2. The van der Waals surface area contributed by atoms with Crippen molar-refractivity contribution in [1.29, 1.82) is 0 Å². The van der Waals surface area contributed by atoms with Crippen LogP contribution in [0.25, 0.3) is 0 Å². The Morgan fingerprint density at radius 3 is 2.67 bits per heavy atom. The molecule has 0 aromatic carbocycles. The fourth-order valence-corrected chi connectivity index (χ4v) is 6.39. The lowest BCUT2D eigenvalue weighted by Crippen LogP contribution is -2.58. The van der Waals surface area contributed by atoms with E-state index in [1.54, 1.807) is 0 Å². The number of piperidine rings is 1. The topological polar surface area (TPSA) is 82.3 Å². The number of pyridine rings is 1. The van der Waals surface area contributed by atoms with Crippen molar-refractivity contribution in [2.45, 2.75) is 77.7 Å². The van der Waals surface area contributed by atoms with Gasteiger partial charge in [0.1, 0.15) is 0 Å². The molecule has 1 aliphatic heterocycles. The highest BCUT2D eigenvalue weighted by molar-refractivity contribution is 5.96. The Balaban J connectivity index is 1.29. The van der Waals surface area contributed by atoms with Crippen LogP contribution in [0.15, 0.2) is 10.9 Å². The van der Waals surface area contributed by atoms with Gasteiger partial charge in [0.15, 0.2) is 0 Å². The minimum absolute atomic E-state index is 0.0105. The standard InChI is InChI=1S/C24H33N3O3/c1-23(2)14-27(22(30)24-10-5-6-15(24)13-24)11-9-19(23)26-21(29)17-12-20(28)25-18-8-4-3-7-16(17)18/h12,15,19H,3-11,13-14H2,1-2H3,(H,25,28)(H,26,29)/t15-,19?,24-/m1/s1. The molecule has 0 radical (unpaired) electrons. The van der Waals surface area contributed by atoms with Crippen LogP contribution < -0.4 is 10.9 Å². The highest BCUT2D eigenvalue weighted by atomic mass is 16.2. The third kappa shape index (κ3) is 3.19. The van der Waals surface area contributed by atoms with Crippen molar-refractivity contribution in [1.82, 2.24) is 15.2 Å². The van der Waals surface area contributed by atoms with Crippen LogP contribution in [0.4, 0.5) is 0 Å². The minimum atomic E-state index is -0.204. The molecule has 162 valence electrons. The molecule has 2 saturated carbocycles. The van der Waals surface area contributed by atoms with E-state index in [2.05, 4.69) is 29.0 Å². The summed E-state index contributed by atoms with van der Waals surface area (Å²) in [6, 6.07) is 1.45. The Hall–Kier alpha value is -2.11. The van der Waals surface area contributed by atoms with Crippen molar-refractivity contribution in [2.75, 3.05) is 13.1 Å². The fraction of sp³-hybridized carbons (Fsp3) is 0.708. The van der Waals surface area contributed by atoms with Gasteiger partial charge in [-0.15, -0.1) is 0 Å². The van der Waals surface area contributed by atoms with Crippen molar-refractivity contribution >= 4 is 11.8 Å². The van der Waals surface area contributed by atoms with Gasteiger partial charge in [-0.05, 0) is 62.8 Å². The zero-order valence-electron chi connectivity index (χ0n) is 18.2. The molecule has 6 nitrogen and oxygen atoms in total. The van der Waals surface area contributed by atoms with Crippen LogP contribution in [-0.2, 0) is 17.6 Å². The van der Waals surface area contributed by atoms with Gasteiger partial charge in [-0.3, -0.25) is 14.4 Å². The Bertz CT molecular complexity index is 950. The SMILES string of the molecule is CC1(C)CN(C(=O)[C@@]23CCC[C@@H]2C3)CCC1NC(=O)c1cc(=O)[nH]c2c1CCCC2. The van der Waals surface area contributed by atoms with Crippen LogP contribution in [0.1, 0.15) is 80.4 Å². The van der Waals surface area contributed by atoms with E-state index in [0.29, 0.717) is 30.5 Å². The summed E-state index contributed by atoms with van der Waals surface area (Å²) in [7, 11) is 0. The van der Waals surface area contributed by atoms with Gasteiger partial charge in [-0.1, -0.05) is 20.3 Å². The van der Waals surface area contributed by atoms with Crippen LogP contribution in [0.5, 0.6) is 0 Å². The molecular formula is C24H33N3O3. The first-order chi connectivity index (χ1) is 14.3. The number of aromatic nitrogens is 1. The monoisotopic (exact) mass is 411 g/mol.